The van der Waals surface area contributed by atoms with Crippen LogP contribution in [0.2, 0.25) is 0 Å². The molecule has 1 atom stereocenters. The lowest BCUT2D eigenvalue weighted by molar-refractivity contribution is 0.0711. The number of rotatable bonds is 2. The number of aryl methyl sites for hydroxylation is 2. The largest absolute Gasteiger partial charge is 0.337 e. The van der Waals surface area contributed by atoms with Gasteiger partial charge in [0.1, 0.15) is 4.88 Å². The highest BCUT2D eigenvalue weighted by Gasteiger charge is 2.28. The molecular formula is C14H17N3OS2. The van der Waals surface area contributed by atoms with Crippen molar-refractivity contribution < 1.29 is 4.79 Å². The minimum atomic E-state index is 0.134. The summed E-state index contributed by atoms with van der Waals surface area (Å²) in [5.74, 6) is 0.524. The number of likely N-dealkylation sites (tertiary alicyclic amines) is 1. The summed E-state index contributed by atoms with van der Waals surface area (Å²) >= 11 is 3.19. The van der Waals surface area contributed by atoms with Crippen LogP contribution >= 0.6 is 22.7 Å². The Morgan fingerprint density at radius 3 is 2.95 bits per heavy atom. The van der Waals surface area contributed by atoms with Crippen LogP contribution in [0.4, 0.5) is 0 Å². The maximum Gasteiger partial charge on any atom is 0.265 e. The summed E-state index contributed by atoms with van der Waals surface area (Å²) in [6, 6.07) is 0. The summed E-state index contributed by atoms with van der Waals surface area (Å²) in [5.41, 5.74) is 0.855. The van der Waals surface area contributed by atoms with Crippen molar-refractivity contribution in [1.82, 2.24) is 14.9 Å². The molecule has 4 nitrogen and oxygen atoms in total. The third-order valence-electron chi connectivity index (χ3n) is 3.61. The molecule has 1 aliphatic rings. The predicted octanol–water partition coefficient (Wildman–Crippen LogP) is 3.24. The van der Waals surface area contributed by atoms with Crippen LogP contribution in [-0.4, -0.2) is 33.9 Å². The molecule has 1 amide bonds. The molecule has 0 spiro atoms. The van der Waals surface area contributed by atoms with Gasteiger partial charge in [-0.15, -0.1) is 22.7 Å². The van der Waals surface area contributed by atoms with Gasteiger partial charge in [0, 0.05) is 30.6 Å². The fourth-order valence-corrected chi connectivity index (χ4v) is 4.33. The number of thiazole rings is 2. The van der Waals surface area contributed by atoms with Crippen LogP contribution < -0.4 is 0 Å². The molecule has 1 aliphatic heterocycles. The van der Waals surface area contributed by atoms with Gasteiger partial charge in [-0.2, -0.15) is 0 Å². The first-order valence-electron chi connectivity index (χ1n) is 6.78. The van der Waals surface area contributed by atoms with E-state index in [-0.39, 0.29) is 5.91 Å². The number of aromatic nitrogens is 2. The molecule has 0 unspecified atom stereocenters. The van der Waals surface area contributed by atoms with E-state index in [1.165, 1.54) is 11.3 Å². The van der Waals surface area contributed by atoms with E-state index >= 15 is 0 Å². The highest BCUT2D eigenvalue weighted by Crippen LogP contribution is 2.30. The van der Waals surface area contributed by atoms with E-state index in [0.29, 0.717) is 5.92 Å². The molecule has 1 fully saturated rings. The second kappa shape index (κ2) is 5.61. The van der Waals surface area contributed by atoms with Gasteiger partial charge >= 0.3 is 0 Å². The molecular weight excluding hydrogens is 290 g/mol. The Kier molecular flexibility index (Phi) is 3.85. The van der Waals surface area contributed by atoms with Crippen molar-refractivity contribution in [3.05, 3.63) is 32.2 Å². The monoisotopic (exact) mass is 307 g/mol. The van der Waals surface area contributed by atoms with Gasteiger partial charge in [-0.3, -0.25) is 4.79 Å². The van der Waals surface area contributed by atoms with Crippen molar-refractivity contribution in [2.24, 2.45) is 0 Å². The Morgan fingerprint density at radius 2 is 2.30 bits per heavy atom. The number of carbonyl (C=O) groups excluding carboxylic acids is 1. The van der Waals surface area contributed by atoms with Crippen LogP contribution in [0.5, 0.6) is 0 Å². The van der Waals surface area contributed by atoms with E-state index in [1.807, 2.05) is 30.3 Å². The van der Waals surface area contributed by atoms with Crippen LogP contribution in [-0.2, 0) is 0 Å². The summed E-state index contributed by atoms with van der Waals surface area (Å²) in [4.78, 5) is 24.1. The van der Waals surface area contributed by atoms with Gasteiger partial charge in [0.15, 0.2) is 0 Å². The van der Waals surface area contributed by atoms with Gasteiger partial charge in [-0.1, -0.05) is 0 Å². The van der Waals surface area contributed by atoms with Crippen molar-refractivity contribution in [2.45, 2.75) is 32.6 Å². The number of hydrogen-bond acceptors (Lipinski definition) is 5. The first kappa shape index (κ1) is 13.7. The van der Waals surface area contributed by atoms with Gasteiger partial charge < -0.3 is 4.90 Å². The fourth-order valence-electron chi connectivity index (χ4n) is 2.67. The van der Waals surface area contributed by atoms with Crippen LogP contribution in [0, 0.1) is 13.8 Å². The minimum absolute atomic E-state index is 0.134. The van der Waals surface area contributed by atoms with E-state index < -0.39 is 0 Å². The first-order chi connectivity index (χ1) is 9.65. The number of nitrogens with zero attached hydrogens (tertiary/aromatic N) is 3. The Bertz CT molecular complexity index is 606. The van der Waals surface area contributed by atoms with Crippen LogP contribution in [0.1, 0.15) is 44.1 Å². The Labute approximate surface area is 126 Å². The van der Waals surface area contributed by atoms with E-state index in [4.69, 9.17) is 0 Å². The summed E-state index contributed by atoms with van der Waals surface area (Å²) in [7, 11) is 0. The van der Waals surface area contributed by atoms with Gasteiger partial charge in [0.2, 0.25) is 0 Å². The molecule has 0 N–H and O–H groups in total. The Hall–Kier alpha value is -1.27. The third kappa shape index (κ3) is 2.62. The zero-order valence-corrected chi connectivity index (χ0v) is 13.3. The normalized spacial score (nSPS) is 19.3. The number of piperidine rings is 1. The van der Waals surface area contributed by atoms with Crippen LogP contribution in [0.15, 0.2) is 11.6 Å². The first-order valence-corrected chi connectivity index (χ1v) is 8.47. The molecule has 0 aromatic carbocycles. The molecule has 0 saturated carbocycles. The minimum Gasteiger partial charge on any atom is -0.337 e. The van der Waals surface area contributed by atoms with Crippen molar-refractivity contribution in [2.75, 3.05) is 13.1 Å². The molecule has 2 aromatic rings. The van der Waals surface area contributed by atoms with Crippen LogP contribution in [0.25, 0.3) is 0 Å². The summed E-state index contributed by atoms with van der Waals surface area (Å²) < 4.78 is 0. The second-order valence-electron chi connectivity index (χ2n) is 5.11. The van der Waals surface area contributed by atoms with E-state index in [2.05, 4.69) is 9.97 Å². The lowest BCUT2D eigenvalue weighted by Gasteiger charge is -2.31. The smallest absolute Gasteiger partial charge is 0.265 e. The quantitative estimate of drug-likeness (QED) is 0.855. The number of carbonyl (C=O) groups is 1. The SMILES string of the molecule is Cc1nc(C)c(C(=O)N2CCC[C@H](c3nccs3)C2)s1. The Morgan fingerprint density at radius 1 is 1.45 bits per heavy atom. The van der Waals surface area contributed by atoms with Gasteiger partial charge in [-0.05, 0) is 26.7 Å². The average molecular weight is 307 g/mol. The zero-order valence-electron chi connectivity index (χ0n) is 11.6. The molecule has 0 bridgehead atoms. The lowest BCUT2D eigenvalue weighted by atomic mass is 9.98. The van der Waals surface area contributed by atoms with Crippen LogP contribution in [0.3, 0.4) is 0 Å². The van der Waals surface area contributed by atoms with E-state index in [0.717, 1.165) is 46.5 Å². The van der Waals surface area contributed by atoms with Crippen molar-refractivity contribution in [1.29, 1.82) is 0 Å². The summed E-state index contributed by atoms with van der Waals surface area (Å²) in [6.07, 6.45) is 4.02. The molecule has 3 heterocycles. The van der Waals surface area contributed by atoms with Gasteiger partial charge in [-0.25, -0.2) is 9.97 Å². The number of hydrogen-bond donors (Lipinski definition) is 0. The van der Waals surface area contributed by atoms with Crippen molar-refractivity contribution in [3.8, 4) is 0 Å². The fraction of sp³-hybridized carbons (Fsp3) is 0.500. The molecule has 6 heteroatoms. The molecule has 2 aromatic heterocycles. The second-order valence-corrected chi connectivity index (χ2v) is 7.24. The maximum absolute atomic E-state index is 12.6. The molecule has 106 valence electrons. The summed E-state index contributed by atoms with van der Waals surface area (Å²) in [5, 5.41) is 4.12. The third-order valence-corrected chi connectivity index (χ3v) is 5.61. The molecule has 3 rings (SSSR count). The topological polar surface area (TPSA) is 46.1 Å². The molecule has 0 radical (unpaired) electrons. The van der Waals surface area contributed by atoms with Gasteiger partial charge in [0.05, 0.1) is 15.7 Å². The van der Waals surface area contributed by atoms with E-state index in [1.54, 1.807) is 11.3 Å². The maximum atomic E-state index is 12.6. The molecule has 1 saturated heterocycles. The van der Waals surface area contributed by atoms with Gasteiger partial charge in [0.25, 0.3) is 5.91 Å². The lowest BCUT2D eigenvalue weighted by Crippen LogP contribution is -2.39. The predicted molar refractivity (Wildman–Crippen MR) is 81.6 cm³/mol. The highest BCUT2D eigenvalue weighted by molar-refractivity contribution is 7.13. The average Bonchev–Trinajstić information content (AvgIpc) is 3.08. The summed E-state index contributed by atoms with van der Waals surface area (Å²) in [6.45, 7) is 5.49. The highest BCUT2D eigenvalue weighted by atomic mass is 32.1. The number of amides is 1. The molecule has 0 aliphatic carbocycles. The Balaban J connectivity index is 1.77. The standard InChI is InChI=1S/C14H17N3OS2/c1-9-12(20-10(2)16-9)14(18)17-6-3-4-11(8-17)13-15-5-7-19-13/h5,7,11H,3-4,6,8H2,1-2H3/t11-/m0/s1. The molecule has 20 heavy (non-hydrogen) atoms. The zero-order chi connectivity index (χ0) is 14.1. The van der Waals surface area contributed by atoms with Crippen molar-refractivity contribution >= 4 is 28.6 Å². The van der Waals surface area contributed by atoms with E-state index in [9.17, 15) is 4.79 Å². The van der Waals surface area contributed by atoms with Crippen molar-refractivity contribution in [3.63, 3.8) is 0 Å².